The van der Waals surface area contributed by atoms with E-state index in [-0.39, 0.29) is 11.4 Å². The number of nitrogen functional groups attached to an aromatic ring is 1. The van der Waals surface area contributed by atoms with Crippen molar-refractivity contribution < 1.29 is 0 Å². The monoisotopic (exact) mass is 192 g/mol. The summed E-state index contributed by atoms with van der Waals surface area (Å²) in [4.78, 5) is 4.20. The molecular formula is C10H16N4. The number of nitrogens with two attached hydrogens (primary N) is 1. The molecule has 0 aliphatic heterocycles. The van der Waals surface area contributed by atoms with Crippen molar-refractivity contribution in [3.05, 3.63) is 23.9 Å². The van der Waals surface area contributed by atoms with E-state index in [1.807, 2.05) is 12.1 Å². The molecule has 0 aliphatic rings. The van der Waals surface area contributed by atoms with Gasteiger partial charge in [0.2, 0.25) is 0 Å². The third-order valence-electron chi connectivity index (χ3n) is 1.53. The highest BCUT2D eigenvalue weighted by Crippen LogP contribution is 2.11. The number of pyridine rings is 1. The first-order valence-corrected chi connectivity index (χ1v) is 4.48. The zero-order valence-corrected chi connectivity index (χ0v) is 8.76. The topological polar surface area (TPSA) is 74.8 Å². The van der Waals surface area contributed by atoms with E-state index in [0.29, 0.717) is 5.69 Å². The van der Waals surface area contributed by atoms with E-state index in [1.54, 1.807) is 6.07 Å². The van der Waals surface area contributed by atoms with E-state index in [4.69, 9.17) is 11.1 Å². The van der Waals surface area contributed by atoms with Crippen LogP contribution in [0.3, 0.4) is 0 Å². The Morgan fingerprint density at radius 3 is 2.57 bits per heavy atom. The van der Waals surface area contributed by atoms with Gasteiger partial charge in [0, 0.05) is 5.54 Å². The maximum Gasteiger partial charge on any atom is 0.141 e. The molecule has 0 aromatic carbocycles. The molecule has 4 nitrogen and oxygen atoms in total. The lowest BCUT2D eigenvalue weighted by Gasteiger charge is -2.21. The summed E-state index contributed by atoms with van der Waals surface area (Å²) in [5.74, 6) is 0.729. The Hall–Kier alpha value is -1.58. The van der Waals surface area contributed by atoms with Gasteiger partial charge in [0.15, 0.2) is 0 Å². The summed E-state index contributed by atoms with van der Waals surface area (Å²) in [6.45, 7) is 6.15. The van der Waals surface area contributed by atoms with Crippen molar-refractivity contribution >= 4 is 11.7 Å². The fourth-order valence-corrected chi connectivity index (χ4v) is 1.04. The van der Waals surface area contributed by atoms with Gasteiger partial charge in [0.05, 0.1) is 0 Å². The van der Waals surface area contributed by atoms with Crippen LogP contribution >= 0.6 is 0 Å². The SMILES string of the molecule is CC(C)(C)Nc1cccc(C(=N)N)n1. The van der Waals surface area contributed by atoms with Crippen molar-refractivity contribution in [2.24, 2.45) is 5.73 Å². The largest absolute Gasteiger partial charge is 0.382 e. The molecule has 4 N–H and O–H groups in total. The minimum atomic E-state index is -0.0393. The average Bonchev–Trinajstić information content (AvgIpc) is 2.01. The molecule has 0 saturated carbocycles. The zero-order chi connectivity index (χ0) is 10.8. The normalized spacial score (nSPS) is 11.1. The summed E-state index contributed by atoms with van der Waals surface area (Å²) in [5.41, 5.74) is 5.80. The quantitative estimate of drug-likeness (QED) is 0.492. The summed E-state index contributed by atoms with van der Waals surface area (Å²) < 4.78 is 0. The Bertz CT molecular complexity index is 338. The number of anilines is 1. The van der Waals surface area contributed by atoms with Crippen LogP contribution in [0, 0.1) is 5.41 Å². The first kappa shape index (κ1) is 10.5. The van der Waals surface area contributed by atoms with E-state index in [2.05, 4.69) is 31.1 Å². The van der Waals surface area contributed by atoms with Crippen LogP contribution in [0.15, 0.2) is 18.2 Å². The summed E-state index contributed by atoms with van der Waals surface area (Å²) in [5, 5.41) is 10.5. The van der Waals surface area contributed by atoms with Gasteiger partial charge in [0.25, 0.3) is 0 Å². The molecular weight excluding hydrogens is 176 g/mol. The molecule has 1 aromatic rings. The minimum absolute atomic E-state index is 0.0115. The Balaban J connectivity index is 2.89. The molecule has 0 spiro atoms. The number of nitrogens with zero attached hydrogens (tertiary/aromatic N) is 1. The molecule has 1 heterocycles. The van der Waals surface area contributed by atoms with Crippen LogP contribution in [0.1, 0.15) is 26.5 Å². The molecule has 0 unspecified atom stereocenters. The molecule has 4 heteroatoms. The van der Waals surface area contributed by atoms with Crippen LogP contribution in [0.2, 0.25) is 0 Å². The molecule has 0 radical (unpaired) electrons. The van der Waals surface area contributed by atoms with Crippen molar-refractivity contribution in [3.8, 4) is 0 Å². The van der Waals surface area contributed by atoms with Crippen molar-refractivity contribution in [2.45, 2.75) is 26.3 Å². The molecule has 1 aromatic heterocycles. The predicted molar refractivity (Wildman–Crippen MR) is 58.6 cm³/mol. The maximum absolute atomic E-state index is 7.25. The van der Waals surface area contributed by atoms with E-state index >= 15 is 0 Å². The highest BCUT2D eigenvalue weighted by molar-refractivity contribution is 5.93. The lowest BCUT2D eigenvalue weighted by atomic mass is 10.1. The third-order valence-corrected chi connectivity index (χ3v) is 1.53. The van der Waals surface area contributed by atoms with Crippen molar-refractivity contribution in [2.75, 3.05) is 5.32 Å². The maximum atomic E-state index is 7.25. The molecule has 76 valence electrons. The number of rotatable bonds is 2. The van der Waals surface area contributed by atoms with Gasteiger partial charge in [-0.15, -0.1) is 0 Å². The third kappa shape index (κ3) is 3.05. The Morgan fingerprint density at radius 1 is 1.43 bits per heavy atom. The van der Waals surface area contributed by atoms with Crippen molar-refractivity contribution in [1.82, 2.24) is 4.98 Å². The van der Waals surface area contributed by atoms with Crippen LogP contribution in [0.4, 0.5) is 5.82 Å². The molecule has 0 atom stereocenters. The Labute approximate surface area is 84.1 Å². The van der Waals surface area contributed by atoms with Crippen LogP contribution in [0.5, 0.6) is 0 Å². The van der Waals surface area contributed by atoms with Gasteiger partial charge in [0.1, 0.15) is 17.3 Å². The van der Waals surface area contributed by atoms with Gasteiger partial charge >= 0.3 is 0 Å². The standard InChI is InChI=1S/C10H16N4/c1-10(2,3)14-8-6-4-5-7(13-8)9(11)12/h4-6H,1-3H3,(H3,11,12)(H,13,14). The Kier molecular flexibility index (Phi) is 2.74. The van der Waals surface area contributed by atoms with Crippen molar-refractivity contribution in [3.63, 3.8) is 0 Å². The van der Waals surface area contributed by atoms with Gasteiger partial charge < -0.3 is 11.1 Å². The number of amidine groups is 1. The minimum Gasteiger partial charge on any atom is -0.382 e. The van der Waals surface area contributed by atoms with Gasteiger partial charge in [-0.05, 0) is 32.9 Å². The van der Waals surface area contributed by atoms with E-state index in [9.17, 15) is 0 Å². The predicted octanol–water partition coefficient (Wildman–Crippen LogP) is 1.58. The summed E-state index contributed by atoms with van der Waals surface area (Å²) in [6, 6.07) is 5.41. The van der Waals surface area contributed by atoms with Crippen LogP contribution in [-0.2, 0) is 0 Å². The van der Waals surface area contributed by atoms with E-state index in [1.165, 1.54) is 0 Å². The van der Waals surface area contributed by atoms with Crippen LogP contribution in [0.25, 0.3) is 0 Å². The smallest absolute Gasteiger partial charge is 0.141 e. The van der Waals surface area contributed by atoms with E-state index < -0.39 is 0 Å². The number of hydrogen-bond donors (Lipinski definition) is 3. The van der Waals surface area contributed by atoms with Crippen LogP contribution in [-0.4, -0.2) is 16.4 Å². The highest BCUT2D eigenvalue weighted by Gasteiger charge is 2.10. The summed E-state index contributed by atoms with van der Waals surface area (Å²) in [7, 11) is 0. The molecule has 0 aliphatic carbocycles. The van der Waals surface area contributed by atoms with Gasteiger partial charge in [-0.1, -0.05) is 6.07 Å². The fourth-order valence-electron chi connectivity index (χ4n) is 1.04. The molecule has 0 fully saturated rings. The van der Waals surface area contributed by atoms with Gasteiger partial charge in [-0.25, -0.2) is 4.98 Å². The first-order chi connectivity index (χ1) is 6.38. The van der Waals surface area contributed by atoms with Gasteiger partial charge in [-0.3, -0.25) is 5.41 Å². The molecule has 0 amide bonds. The average molecular weight is 192 g/mol. The van der Waals surface area contributed by atoms with Gasteiger partial charge in [-0.2, -0.15) is 0 Å². The summed E-state index contributed by atoms with van der Waals surface area (Å²) >= 11 is 0. The first-order valence-electron chi connectivity index (χ1n) is 4.48. The summed E-state index contributed by atoms with van der Waals surface area (Å²) in [6.07, 6.45) is 0. The highest BCUT2D eigenvalue weighted by atomic mass is 15.0. The lowest BCUT2D eigenvalue weighted by molar-refractivity contribution is 0.630. The number of nitrogens with one attached hydrogen (secondary N) is 2. The zero-order valence-electron chi connectivity index (χ0n) is 8.76. The second-order valence-corrected chi connectivity index (χ2v) is 4.20. The second kappa shape index (κ2) is 3.65. The van der Waals surface area contributed by atoms with Crippen molar-refractivity contribution in [1.29, 1.82) is 5.41 Å². The second-order valence-electron chi connectivity index (χ2n) is 4.20. The fraction of sp³-hybridized carbons (Fsp3) is 0.400. The molecule has 14 heavy (non-hydrogen) atoms. The molecule has 1 rings (SSSR count). The lowest BCUT2D eigenvalue weighted by Crippen LogP contribution is -2.27. The molecule has 0 bridgehead atoms. The molecule has 0 saturated heterocycles. The number of hydrogen-bond acceptors (Lipinski definition) is 3. The van der Waals surface area contributed by atoms with Crippen LogP contribution < -0.4 is 11.1 Å². The van der Waals surface area contributed by atoms with E-state index in [0.717, 1.165) is 5.82 Å². The Morgan fingerprint density at radius 2 is 2.07 bits per heavy atom. The number of aromatic nitrogens is 1.